The fraction of sp³-hybridized carbons (Fsp3) is 0.111. The molecule has 1 amide bonds. The van der Waals surface area contributed by atoms with Gasteiger partial charge in [0.2, 0.25) is 0 Å². The largest absolute Gasteiger partial charge is 0.399 e. The molecule has 0 aliphatic heterocycles. The number of nitrogens with one attached hydrogen (secondary N) is 2. The Labute approximate surface area is 156 Å². The van der Waals surface area contributed by atoms with Gasteiger partial charge >= 0.3 is 0 Å². The van der Waals surface area contributed by atoms with Crippen molar-refractivity contribution in [2.75, 3.05) is 17.6 Å². The summed E-state index contributed by atoms with van der Waals surface area (Å²) in [6, 6.07) is 14.1. The number of benzene rings is 2. The topological polar surface area (TPSA) is 90.9 Å². The van der Waals surface area contributed by atoms with Crippen LogP contribution in [0, 0.1) is 11.3 Å². The van der Waals surface area contributed by atoms with Crippen molar-refractivity contribution < 1.29 is 4.79 Å². The highest BCUT2D eigenvalue weighted by Gasteiger charge is 2.11. The lowest BCUT2D eigenvalue weighted by Gasteiger charge is -2.07. The Hall–Kier alpha value is -2.68. The molecule has 0 aromatic heterocycles. The van der Waals surface area contributed by atoms with Crippen molar-refractivity contribution in [3.63, 3.8) is 0 Å². The third-order valence-electron chi connectivity index (χ3n) is 3.32. The van der Waals surface area contributed by atoms with E-state index in [1.165, 1.54) is 12.3 Å². The number of rotatable bonds is 6. The van der Waals surface area contributed by atoms with Crippen molar-refractivity contribution in [3.05, 3.63) is 69.8 Å². The Morgan fingerprint density at radius 1 is 1.20 bits per heavy atom. The van der Waals surface area contributed by atoms with Gasteiger partial charge in [-0.15, -0.1) is 0 Å². The quantitative estimate of drug-likeness (QED) is 0.310. The number of hydrogen-bond donors (Lipinski definition) is 3. The van der Waals surface area contributed by atoms with Crippen LogP contribution >= 0.6 is 23.2 Å². The van der Waals surface area contributed by atoms with Crippen LogP contribution in [0.2, 0.25) is 10.0 Å². The summed E-state index contributed by atoms with van der Waals surface area (Å²) in [5, 5.41) is 15.7. The van der Waals surface area contributed by atoms with Crippen LogP contribution in [-0.2, 0) is 11.2 Å². The molecule has 128 valence electrons. The van der Waals surface area contributed by atoms with Crippen molar-refractivity contribution in [1.82, 2.24) is 5.32 Å². The predicted octanol–water partition coefficient (Wildman–Crippen LogP) is 3.75. The molecule has 0 heterocycles. The van der Waals surface area contributed by atoms with E-state index in [0.717, 1.165) is 12.0 Å². The molecule has 2 aromatic rings. The van der Waals surface area contributed by atoms with E-state index in [1.807, 2.05) is 30.3 Å². The minimum atomic E-state index is -0.548. The normalized spacial score (nSPS) is 10.8. The fourth-order valence-electron chi connectivity index (χ4n) is 2.01. The van der Waals surface area contributed by atoms with E-state index in [0.29, 0.717) is 28.0 Å². The summed E-state index contributed by atoms with van der Waals surface area (Å²) in [6.45, 7) is 0.572. The highest BCUT2D eigenvalue weighted by Crippen LogP contribution is 2.24. The lowest BCUT2D eigenvalue weighted by Crippen LogP contribution is -2.18. The fourth-order valence-corrected chi connectivity index (χ4v) is 2.38. The molecule has 2 rings (SSSR count). The Kier molecular flexibility index (Phi) is 6.70. The maximum atomic E-state index is 12.1. The van der Waals surface area contributed by atoms with Crippen molar-refractivity contribution in [3.8, 4) is 6.07 Å². The minimum absolute atomic E-state index is 0.0519. The summed E-state index contributed by atoms with van der Waals surface area (Å²) in [5.41, 5.74) is 7.53. The number of anilines is 2. The van der Waals surface area contributed by atoms with Gasteiger partial charge < -0.3 is 16.4 Å². The number of carbonyl (C=O) groups is 1. The van der Waals surface area contributed by atoms with Gasteiger partial charge in [0.25, 0.3) is 5.91 Å². The number of nitrogen functional groups attached to an aromatic ring is 1. The highest BCUT2D eigenvalue weighted by molar-refractivity contribution is 6.34. The van der Waals surface area contributed by atoms with E-state index in [1.54, 1.807) is 12.1 Å². The van der Waals surface area contributed by atoms with Crippen molar-refractivity contribution >= 4 is 40.5 Å². The van der Waals surface area contributed by atoms with Crippen LogP contribution in [0.1, 0.15) is 5.56 Å². The molecular formula is C18H16Cl2N4O. The van der Waals surface area contributed by atoms with Crippen molar-refractivity contribution in [2.45, 2.75) is 6.42 Å². The van der Waals surface area contributed by atoms with Crippen LogP contribution in [0.25, 0.3) is 0 Å². The first-order chi connectivity index (χ1) is 12.0. The lowest BCUT2D eigenvalue weighted by atomic mass is 10.1. The average molecular weight is 375 g/mol. The van der Waals surface area contributed by atoms with E-state index in [2.05, 4.69) is 10.6 Å². The Morgan fingerprint density at radius 2 is 1.92 bits per heavy atom. The van der Waals surface area contributed by atoms with Crippen LogP contribution in [0.15, 0.2) is 54.2 Å². The zero-order valence-electron chi connectivity index (χ0n) is 13.2. The van der Waals surface area contributed by atoms with Gasteiger partial charge in [-0.1, -0.05) is 35.3 Å². The summed E-state index contributed by atoms with van der Waals surface area (Å²) in [7, 11) is 0. The van der Waals surface area contributed by atoms with Gasteiger partial charge in [-0.25, -0.2) is 0 Å². The Bertz CT molecular complexity index is 826. The van der Waals surface area contributed by atoms with E-state index in [9.17, 15) is 4.79 Å². The highest BCUT2D eigenvalue weighted by atomic mass is 35.5. The molecule has 0 unspecified atom stereocenters. The number of nitrogens with two attached hydrogens (primary N) is 1. The monoisotopic (exact) mass is 374 g/mol. The molecule has 25 heavy (non-hydrogen) atoms. The number of nitrogens with zero attached hydrogens (tertiary/aromatic N) is 1. The summed E-state index contributed by atoms with van der Waals surface area (Å²) in [6.07, 6.45) is 2.12. The van der Waals surface area contributed by atoms with Gasteiger partial charge in [-0.2, -0.15) is 5.26 Å². The maximum Gasteiger partial charge on any atom is 0.267 e. The summed E-state index contributed by atoms with van der Waals surface area (Å²) < 4.78 is 0. The molecule has 0 atom stereocenters. The smallest absolute Gasteiger partial charge is 0.267 e. The number of hydrogen-bond acceptors (Lipinski definition) is 4. The SMILES string of the molecule is N#C/C(=C/NCCc1ccc(Cl)cc1)C(=O)Nc1ccc(N)cc1Cl. The molecule has 0 spiro atoms. The van der Waals surface area contributed by atoms with Gasteiger partial charge in [-0.05, 0) is 42.3 Å². The first-order valence-corrected chi connectivity index (χ1v) is 8.19. The summed E-state index contributed by atoms with van der Waals surface area (Å²) in [5.74, 6) is -0.548. The van der Waals surface area contributed by atoms with Crippen LogP contribution in [0.3, 0.4) is 0 Å². The van der Waals surface area contributed by atoms with Crippen LogP contribution in [0.5, 0.6) is 0 Å². The number of carbonyl (C=O) groups excluding carboxylic acids is 1. The van der Waals surface area contributed by atoms with Gasteiger partial charge in [-0.3, -0.25) is 4.79 Å². The Morgan fingerprint density at radius 3 is 2.56 bits per heavy atom. The molecule has 0 fully saturated rings. The minimum Gasteiger partial charge on any atom is -0.399 e. The predicted molar refractivity (Wildman–Crippen MR) is 101 cm³/mol. The summed E-state index contributed by atoms with van der Waals surface area (Å²) >= 11 is 11.8. The standard InChI is InChI=1S/C18H16Cl2N4O/c19-14-3-1-12(2-4-14)7-8-23-11-13(10-21)18(25)24-17-6-5-15(22)9-16(17)20/h1-6,9,11,23H,7-8,22H2,(H,24,25)/b13-11-. The molecule has 0 saturated carbocycles. The van der Waals surface area contributed by atoms with E-state index < -0.39 is 5.91 Å². The molecule has 0 bridgehead atoms. The van der Waals surface area contributed by atoms with Crippen molar-refractivity contribution in [2.24, 2.45) is 0 Å². The molecule has 0 saturated heterocycles. The van der Waals surface area contributed by atoms with E-state index in [4.69, 9.17) is 34.2 Å². The first kappa shape index (κ1) is 18.7. The second kappa shape index (κ2) is 8.97. The van der Waals surface area contributed by atoms with Gasteiger partial charge in [0, 0.05) is 23.5 Å². The molecule has 7 heteroatoms. The van der Waals surface area contributed by atoms with Crippen LogP contribution < -0.4 is 16.4 Å². The first-order valence-electron chi connectivity index (χ1n) is 7.44. The molecule has 4 N–H and O–H groups in total. The lowest BCUT2D eigenvalue weighted by molar-refractivity contribution is -0.112. The maximum absolute atomic E-state index is 12.1. The zero-order chi connectivity index (χ0) is 18.2. The van der Waals surface area contributed by atoms with Crippen LogP contribution in [-0.4, -0.2) is 12.5 Å². The molecule has 2 aromatic carbocycles. The third kappa shape index (κ3) is 5.71. The summed E-state index contributed by atoms with van der Waals surface area (Å²) in [4.78, 5) is 12.1. The average Bonchev–Trinajstić information content (AvgIpc) is 2.59. The van der Waals surface area contributed by atoms with Crippen molar-refractivity contribution in [1.29, 1.82) is 5.26 Å². The van der Waals surface area contributed by atoms with Gasteiger partial charge in [0.05, 0.1) is 10.7 Å². The van der Waals surface area contributed by atoms with E-state index >= 15 is 0 Å². The molecular weight excluding hydrogens is 359 g/mol. The molecule has 0 radical (unpaired) electrons. The van der Waals surface area contributed by atoms with Gasteiger partial charge in [0.15, 0.2) is 0 Å². The third-order valence-corrected chi connectivity index (χ3v) is 3.89. The Balaban J connectivity index is 1.91. The molecule has 0 aliphatic rings. The zero-order valence-corrected chi connectivity index (χ0v) is 14.7. The number of nitriles is 1. The van der Waals surface area contributed by atoms with Gasteiger partial charge in [0.1, 0.15) is 11.6 Å². The molecule has 0 aliphatic carbocycles. The second-order valence-electron chi connectivity index (χ2n) is 5.19. The molecule has 5 nitrogen and oxygen atoms in total. The number of amides is 1. The second-order valence-corrected chi connectivity index (χ2v) is 6.04. The van der Waals surface area contributed by atoms with Crippen LogP contribution in [0.4, 0.5) is 11.4 Å². The number of halogens is 2. The van der Waals surface area contributed by atoms with E-state index in [-0.39, 0.29) is 5.57 Å².